The Balaban J connectivity index is 1.52. The van der Waals surface area contributed by atoms with Crippen LogP contribution in [0.3, 0.4) is 0 Å². The highest BCUT2D eigenvalue weighted by Gasteiger charge is 2.33. The second-order valence-corrected chi connectivity index (χ2v) is 9.57. The molecule has 1 aliphatic rings. The Labute approximate surface area is 179 Å². The van der Waals surface area contributed by atoms with E-state index in [2.05, 4.69) is 35.5 Å². The minimum absolute atomic E-state index is 0.0848. The number of hydrogen-bond donors (Lipinski definition) is 1. The van der Waals surface area contributed by atoms with Gasteiger partial charge in [0.2, 0.25) is 0 Å². The lowest BCUT2D eigenvalue weighted by Gasteiger charge is -2.33. The van der Waals surface area contributed by atoms with Crippen molar-refractivity contribution in [2.24, 2.45) is 5.92 Å². The number of carbonyl (C=O) groups excluding carboxylic acids is 1. The van der Waals surface area contributed by atoms with Gasteiger partial charge in [-0.1, -0.05) is 35.5 Å². The van der Waals surface area contributed by atoms with E-state index in [1.807, 2.05) is 26.8 Å². The van der Waals surface area contributed by atoms with Crippen molar-refractivity contribution in [3.63, 3.8) is 0 Å². The van der Waals surface area contributed by atoms with Crippen LogP contribution < -0.4 is 0 Å². The maximum absolute atomic E-state index is 12.3. The molecule has 30 heavy (non-hydrogen) atoms. The van der Waals surface area contributed by atoms with E-state index in [4.69, 9.17) is 9.26 Å². The van der Waals surface area contributed by atoms with E-state index in [9.17, 15) is 9.90 Å². The van der Waals surface area contributed by atoms with E-state index >= 15 is 0 Å². The Bertz CT molecular complexity index is 787. The standard InChI is InChI=1S/C25H35NO4/c1-25(2,3)29-24(28)16-20(10-7-13-27)22-17-23(30-26-22)21-14-19(15-21)12-11-18-8-5-4-6-9-18/h4-6,8-9,17,19-21,27H,7,10-16H2,1-3H3/t19-,20-,21+/m0/s1. The van der Waals surface area contributed by atoms with Crippen LogP contribution >= 0.6 is 0 Å². The molecule has 0 aliphatic heterocycles. The lowest BCUT2D eigenvalue weighted by Crippen LogP contribution is -2.25. The summed E-state index contributed by atoms with van der Waals surface area (Å²) in [6.45, 7) is 5.70. The highest BCUT2D eigenvalue weighted by atomic mass is 16.6. The first-order chi connectivity index (χ1) is 14.3. The van der Waals surface area contributed by atoms with Crippen LogP contribution in [0.5, 0.6) is 0 Å². The van der Waals surface area contributed by atoms with Crippen molar-refractivity contribution < 1.29 is 19.2 Å². The Hall–Kier alpha value is -2.14. The molecule has 1 aromatic heterocycles. The first-order valence-electron chi connectivity index (χ1n) is 11.2. The van der Waals surface area contributed by atoms with Crippen molar-refractivity contribution in [3.8, 4) is 0 Å². The van der Waals surface area contributed by atoms with E-state index in [0.29, 0.717) is 18.8 Å². The number of carbonyl (C=O) groups is 1. The molecule has 0 unspecified atom stereocenters. The molecule has 3 rings (SSSR count). The molecule has 1 fully saturated rings. The molecule has 0 bridgehead atoms. The van der Waals surface area contributed by atoms with Gasteiger partial charge >= 0.3 is 5.97 Å². The number of ether oxygens (including phenoxy) is 1. The lowest BCUT2D eigenvalue weighted by atomic mass is 9.71. The van der Waals surface area contributed by atoms with Crippen LogP contribution in [0.2, 0.25) is 0 Å². The Morgan fingerprint density at radius 2 is 2.00 bits per heavy atom. The number of benzene rings is 1. The molecule has 1 aromatic carbocycles. The summed E-state index contributed by atoms with van der Waals surface area (Å²) in [6, 6.07) is 12.6. The number of aliphatic hydroxyl groups excluding tert-OH is 1. The van der Waals surface area contributed by atoms with E-state index < -0.39 is 5.60 Å². The third-order valence-electron chi connectivity index (χ3n) is 5.83. The first kappa shape index (κ1) is 22.5. The summed E-state index contributed by atoms with van der Waals surface area (Å²) in [5.74, 6) is 1.76. The quantitative estimate of drug-likeness (QED) is 0.529. The maximum atomic E-state index is 12.3. The Kier molecular flexibility index (Phi) is 7.70. The molecule has 5 heteroatoms. The van der Waals surface area contributed by atoms with Gasteiger partial charge in [-0.2, -0.15) is 0 Å². The van der Waals surface area contributed by atoms with E-state index in [1.54, 1.807) is 0 Å². The minimum Gasteiger partial charge on any atom is -0.460 e. The molecule has 1 aliphatic carbocycles. The van der Waals surface area contributed by atoms with Crippen molar-refractivity contribution in [1.82, 2.24) is 5.16 Å². The summed E-state index contributed by atoms with van der Waals surface area (Å²) in [7, 11) is 0. The van der Waals surface area contributed by atoms with Crippen LogP contribution in [0, 0.1) is 5.92 Å². The van der Waals surface area contributed by atoms with Gasteiger partial charge in [-0.05, 0) is 70.8 Å². The van der Waals surface area contributed by atoms with Crippen molar-refractivity contribution >= 4 is 5.97 Å². The topological polar surface area (TPSA) is 72.6 Å². The van der Waals surface area contributed by atoms with Gasteiger partial charge in [0.05, 0.1) is 12.1 Å². The second kappa shape index (κ2) is 10.3. The van der Waals surface area contributed by atoms with Gasteiger partial charge < -0.3 is 14.4 Å². The van der Waals surface area contributed by atoms with Crippen LogP contribution in [-0.2, 0) is 16.0 Å². The van der Waals surface area contributed by atoms with Crippen LogP contribution in [-0.4, -0.2) is 28.4 Å². The predicted molar refractivity (Wildman–Crippen MR) is 116 cm³/mol. The molecule has 1 atom stereocenters. The highest BCUT2D eigenvalue weighted by Crippen LogP contribution is 2.44. The number of aliphatic hydroxyl groups is 1. The van der Waals surface area contributed by atoms with Crippen molar-refractivity contribution in [1.29, 1.82) is 0 Å². The van der Waals surface area contributed by atoms with Crippen molar-refractivity contribution in [3.05, 3.63) is 53.4 Å². The second-order valence-electron chi connectivity index (χ2n) is 9.57. The zero-order valence-corrected chi connectivity index (χ0v) is 18.5. The summed E-state index contributed by atoms with van der Waals surface area (Å²) in [5.41, 5.74) is 1.70. The molecule has 5 nitrogen and oxygen atoms in total. The van der Waals surface area contributed by atoms with Gasteiger partial charge in [-0.25, -0.2) is 0 Å². The van der Waals surface area contributed by atoms with Crippen LogP contribution in [0.25, 0.3) is 0 Å². The summed E-state index contributed by atoms with van der Waals surface area (Å²) in [6.07, 6.45) is 6.17. The molecule has 1 N–H and O–H groups in total. The molecule has 164 valence electrons. The average molecular weight is 414 g/mol. The summed E-state index contributed by atoms with van der Waals surface area (Å²) in [5, 5.41) is 13.5. The summed E-state index contributed by atoms with van der Waals surface area (Å²) >= 11 is 0. The molecule has 0 amide bonds. The first-order valence-corrected chi connectivity index (χ1v) is 11.2. The Morgan fingerprint density at radius 3 is 2.67 bits per heavy atom. The number of aryl methyl sites for hydroxylation is 1. The molecular weight excluding hydrogens is 378 g/mol. The van der Waals surface area contributed by atoms with Crippen molar-refractivity contribution in [2.75, 3.05) is 6.61 Å². The Morgan fingerprint density at radius 1 is 1.27 bits per heavy atom. The van der Waals surface area contributed by atoms with Gasteiger partial charge in [0.15, 0.2) is 0 Å². The predicted octanol–water partition coefficient (Wildman–Crippen LogP) is 5.39. The SMILES string of the molecule is CC(C)(C)OC(=O)C[C@H](CCCO)c1cc([C@H]2C[C@@H](CCc3ccccc3)C2)on1. The highest BCUT2D eigenvalue weighted by molar-refractivity contribution is 5.71. The molecule has 0 spiro atoms. The average Bonchev–Trinajstić information content (AvgIpc) is 3.13. The number of esters is 1. The summed E-state index contributed by atoms with van der Waals surface area (Å²) < 4.78 is 11.1. The zero-order valence-electron chi connectivity index (χ0n) is 18.5. The van der Waals surface area contributed by atoms with Gasteiger partial charge in [-0.15, -0.1) is 0 Å². The van der Waals surface area contributed by atoms with Crippen LogP contribution in [0.15, 0.2) is 40.9 Å². The van der Waals surface area contributed by atoms with E-state index in [-0.39, 0.29) is 24.9 Å². The number of rotatable bonds is 10. The molecule has 2 aromatic rings. The van der Waals surface area contributed by atoms with Crippen molar-refractivity contribution in [2.45, 2.75) is 83.2 Å². The van der Waals surface area contributed by atoms with Crippen LogP contribution in [0.4, 0.5) is 0 Å². The molecule has 0 radical (unpaired) electrons. The fourth-order valence-corrected chi connectivity index (χ4v) is 4.18. The van der Waals surface area contributed by atoms with E-state index in [0.717, 1.165) is 36.6 Å². The fraction of sp³-hybridized carbons (Fsp3) is 0.600. The lowest BCUT2D eigenvalue weighted by molar-refractivity contribution is -0.155. The third kappa shape index (κ3) is 6.69. The van der Waals surface area contributed by atoms with Crippen LogP contribution in [0.1, 0.15) is 88.1 Å². The number of hydrogen-bond acceptors (Lipinski definition) is 5. The smallest absolute Gasteiger partial charge is 0.306 e. The summed E-state index contributed by atoms with van der Waals surface area (Å²) in [4.78, 5) is 12.3. The largest absolute Gasteiger partial charge is 0.460 e. The van der Waals surface area contributed by atoms with Gasteiger partial charge in [0.25, 0.3) is 0 Å². The number of aromatic nitrogens is 1. The maximum Gasteiger partial charge on any atom is 0.306 e. The van der Waals surface area contributed by atoms with Gasteiger partial charge in [0, 0.05) is 24.5 Å². The van der Waals surface area contributed by atoms with Gasteiger partial charge in [0.1, 0.15) is 11.4 Å². The third-order valence-corrected chi connectivity index (χ3v) is 5.83. The normalized spacial score (nSPS) is 19.9. The van der Waals surface area contributed by atoms with E-state index in [1.165, 1.54) is 12.0 Å². The minimum atomic E-state index is -0.506. The molecule has 1 heterocycles. The fourth-order valence-electron chi connectivity index (χ4n) is 4.18. The monoisotopic (exact) mass is 413 g/mol. The molecular formula is C25H35NO4. The van der Waals surface area contributed by atoms with Gasteiger partial charge in [-0.3, -0.25) is 4.79 Å². The number of nitrogens with zero attached hydrogens (tertiary/aromatic N) is 1. The molecule has 0 saturated heterocycles. The zero-order chi connectivity index (χ0) is 21.6. The molecule has 1 saturated carbocycles.